The number of hydrogen-bond acceptors (Lipinski definition) is 8. The number of imidazole rings is 1. The average molecular weight is 485 g/mol. The van der Waals surface area contributed by atoms with Gasteiger partial charge in [0, 0.05) is 46.0 Å². The molecular formula is C24H32N6O5. The Hall–Kier alpha value is -3.57. The van der Waals surface area contributed by atoms with Gasteiger partial charge in [0.05, 0.1) is 33.0 Å². The molecule has 1 aliphatic rings. The van der Waals surface area contributed by atoms with Crippen molar-refractivity contribution in [3.05, 3.63) is 57.8 Å². The van der Waals surface area contributed by atoms with Crippen LogP contribution in [-0.4, -0.2) is 76.4 Å². The number of methoxy groups -OCH3 is 1. The number of fused-ring (bicyclic) bond motifs is 1. The van der Waals surface area contributed by atoms with Crippen LogP contribution < -0.4 is 25.8 Å². The van der Waals surface area contributed by atoms with Gasteiger partial charge in [0.15, 0.2) is 11.2 Å². The molecule has 11 nitrogen and oxygen atoms in total. The van der Waals surface area contributed by atoms with Gasteiger partial charge < -0.3 is 28.9 Å². The van der Waals surface area contributed by atoms with Crippen molar-refractivity contribution in [2.24, 2.45) is 14.1 Å². The van der Waals surface area contributed by atoms with Crippen LogP contribution in [0, 0.1) is 0 Å². The van der Waals surface area contributed by atoms with E-state index in [4.69, 9.17) is 14.5 Å². The molecule has 0 bridgehead atoms. The summed E-state index contributed by atoms with van der Waals surface area (Å²) in [4.78, 5) is 34.6. The highest BCUT2D eigenvalue weighted by atomic mass is 16.5. The van der Waals surface area contributed by atoms with E-state index in [1.807, 2.05) is 24.3 Å². The van der Waals surface area contributed by atoms with Gasteiger partial charge in [-0.25, -0.2) is 4.79 Å². The third-order valence-electron chi connectivity index (χ3n) is 6.27. The Morgan fingerprint density at radius 2 is 1.74 bits per heavy atom. The molecule has 0 saturated carbocycles. The van der Waals surface area contributed by atoms with Crippen LogP contribution in [0.1, 0.15) is 0 Å². The molecule has 0 radical (unpaired) electrons. The fourth-order valence-electron chi connectivity index (χ4n) is 4.36. The van der Waals surface area contributed by atoms with Crippen LogP contribution in [0.15, 0.2) is 46.5 Å². The van der Waals surface area contributed by atoms with E-state index in [9.17, 15) is 14.7 Å². The van der Waals surface area contributed by atoms with Crippen LogP contribution >= 0.6 is 0 Å². The molecule has 2 aromatic heterocycles. The summed E-state index contributed by atoms with van der Waals surface area (Å²) in [6.45, 7) is 6.93. The van der Waals surface area contributed by atoms with Gasteiger partial charge in [-0.3, -0.25) is 13.9 Å². The van der Waals surface area contributed by atoms with E-state index in [1.54, 1.807) is 24.8 Å². The molecule has 3 aromatic rings. The quantitative estimate of drug-likeness (QED) is 0.342. The van der Waals surface area contributed by atoms with E-state index in [2.05, 4.69) is 16.4 Å². The van der Waals surface area contributed by atoms with Crippen molar-refractivity contribution in [2.45, 2.75) is 12.6 Å². The maximum Gasteiger partial charge on any atom is 0.332 e. The van der Waals surface area contributed by atoms with Crippen LogP contribution in [0.5, 0.6) is 5.75 Å². The molecule has 4 rings (SSSR count). The van der Waals surface area contributed by atoms with E-state index in [1.165, 1.54) is 11.6 Å². The van der Waals surface area contributed by atoms with Crippen molar-refractivity contribution in [3.8, 4) is 5.75 Å². The van der Waals surface area contributed by atoms with Gasteiger partial charge in [-0.15, -0.1) is 6.58 Å². The van der Waals surface area contributed by atoms with Gasteiger partial charge >= 0.3 is 5.69 Å². The van der Waals surface area contributed by atoms with Crippen molar-refractivity contribution in [1.82, 2.24) is 18.7 Å². The first-order valence-corrected chi connectivity index (χ1v) is 11.5. The van der Waals surface area contributed by atoms with E-state index >= 15 is 0 Å². The molecule has 0 amide bonds. The number of benzene rings is 1. The monoisotopic (exact) mass is 484 g/mol. The number of aromatic nitrogens is 4. The summed E-state index contributed by atoms with van der Waals surface area (Å²) in [5.74, 6) is 1.36. The Morgan fingerprint density at radius 1 is 1.09 bits per heavy atom. The van der Waals surface area contributed by atoms with Crippen LogP contribution in [0.4, 0.5) is 11.6 Å². The minimum absolute atomic E-state index is 0.0858. The first-order valence-electron chi connectivity index (χ1n) is 11.5. The number of aryl methyl sites for hydroxylation is 1. The molecule has 1 N–H and O–H groups in total. The fraction of sp³-hybridized carbons (Fsp3) is 0.458. The molecule has 35 heavy (non-hydrogen) atoms. The third kappa shape index (κ3) is 4.82. The highest BCUT2D eigenvalue weighted by Gasteiger charge is 2.27. The molecule has 188 valence electrons. The summed E-state index contributed by atoms with van der Waals surface area (Å²) in [7, 11) is 4.68. The van der Waals surface area contributed by atoms with Gasteiger partial charge in [-0.05, 0) is 24.3 Å². The Bertz CT molecular complexity index is 1300. The largest absolute Gasteiger partial charge is 0.497 e. The number of piperazine rings is 1. The van der Waals surface area contributed by atoms with E-state index in [0.717, 1.165) is 29.1 Å². The summed E-state index contributed by atoms with van der Waals surface area (Å²) in [5.41, 5.74) is 0.788. The summed E-state index contributed by atoms with van der Waals surface area (Å²) in [5, 5.41) is 10.6. The van der Waals surface area contributed by atoms with Gasteiger partial charge in [0.2, 0.25) is 5.95 Å². The lowest BCUT2D eigenvalue weighted by Crippen LogP contribution is -2.47. The maximum atomic E-state index is 13.1. The van der Waals surface area contributed by atoms with Crippen LogP contribution in [0.25, 0.3) is 11.2 Å². The predicted molar refractivity (Wildman–Crippen MR) is 135 cm³/mol. The normalized spacial score (nSPS) is 15.0. The Morgan fingerprint density at radius 3 is 2.37 bits per heavy atom. The van der Waals surface area contributed by atoms with Crippen molar-refractivity contribution < 1.29 is 14.6 Å². The number of anilines is 2. The molecule has 1 atom stereocenters. The topological polar surface area (TPSA) is 107 Å². The molecule has 0 unspecified atom stereocenters. The fourth-order valence-corrected chi connectivity index (χ4v) is 4.36. The van der Waals surface area contributed by atoms with Crippen LogP contribution in [0.2, 0.25) is 0 Å². The zero-order valence-corrected chi connectivity index (χ0v) is 20.4. The van der Waals surface area contributed by atoms with Crippen LogP contribution in [-0.2, 0) is 25.4 Å². The highest BCUT2D eigenvalue weighted by Crippen LogP contribution is 2.25. The van der Waals surface area contributed by atoms with Crippen molar-refractivity contribution >= 4 is 22.8 Å². The molecule has 1 aliphatic heterocycles. The van der Waals surface area contributed by atoms with Gasteiger partial charge in [0.25, 0.3) is 5.56 Å². The Kier molecular flexibility index (Phi) is 7.27. The number of hydrogen-bond donors (Lipinski definition) is 1. The summed E-state index contributed by atoms with van der Waals surface area (Å²) >= 11 is 0. The predicted octanol–water partition coefficient (Wildman–Crippen LogP) is 0.332. The highest BCUT2D eigenvalue weighted by molar-refractivity contribution is 5.74. The number of aliphatic hydroxyl groups is 1. The number of rotatable bonds is 9. The standard InChI is InChI=1S/C24H32N6O5/c1-5-14-35-16-18(31)15-30-20-21(26(2)24(33)27(3)22(20)32)25-23(30)29-12-10-28(11-13-29)17-6-8-19(34-4)9-7-17/h5-9,18,31H,1,10-16H2,2-4H3/t18-/m1/s1. The van der Waals surface area contributed by atoms with Gasteiger partial charge in [-0.2, -0.15) is 4.98 Å². The first-order chi connectivity index (χ1) is 16.8. The third-order valence-corrected chi connectivity index (χ3v) is 6.27. The SMILES string of the molecule is C=CCOC[C@H](O)Cn1c(N2CCN(c3ccc(OC)cc3)CC2)nc2c1c(=O)n(C)c(=O)n2C. The number of nitrogens with zero attached hydrogens (tertiary/aromatic N) is 6. The Labute approximate surface area is 203 Å². The molecule has 3 heterocycles. The van der Waals surface area contributed by atoms with E-state index in [-0.39, 0.29) is 18.7 Å². The van der Waals surface area contributed by atoms with Gasteiger partial charge in [0.1, 0.15) is 5.75 Å². The molecule has 0 aliphatic carbocycles. The molecular weight excluding hydrogens is 452 g/mol. The molecule has 11 heteroatoms. The van der Waals surface area contributed by atoms with Crippen molar-refractivity contribution in [3.63, 3.8) is 0 Å². The van der Waals surface area contributed by atoms with Crippen molar-refractivity contribution in [1.29, 1.82) is 0 Å². The molecule has 1 fully saturated rings. The first kappa shape index (κ1) is 24.6. The molecule has 1 saturated heterocycles. The number of ether oxygens (including phenoxy) is 2. The minimum Gasteiger partial charge on any atom is -0.497 e. The van der Waals surface area contributed by atoms with Crippen molar-refractivity contribution in [2.75, 3.05) is 56.3 Å². The number of aliphatic hydroxyl groups excluding tert-OH is 1. The molecule has 1 aromatic carbocycles. The zero-order chi connectivity index (χ0) is 25.1. The smallest absolute Gasteiger partial charge is 0.332 e. The van der Waals surface area contributed by atoms with E-state index < -0.39 is 17.4 Å². The zero-order valence-electron chi connectivity index (χ0n) is 20.4. The summed E-state index contributed by atoms with van der Waals surface area (Å²) in [6.07, 6.45) is 0.743. The lowest BCUT2D eigenvalue weighted by molar-refractivity contribution is 0.0404. The second-order valence-electron chi connectivity index (χ2n) is 8.55. The Balaban J connectivity index is 1.65. The lowest BCUT2D eigenvalue weighted by Gasteiger charge is -2.37. The van der Waals surface area contributed by atoms with Crippen LogP contribution in [0.3, 0.4) is 0 Å². The average Bonchev–Trinajstić information content (AvgIpc) is 3.25. The second-order valence-corrected chi connectivity index (χ2v) is 8.55. The maximum absolute atomic E-state index is 13.1. The summed E-state index contributed by atoms with van der Waals surface area (Å²) in [6, 6.07) is 7.94. The lowest BCUT2D eigenvalue weighted by atomic mass is 10.2. The molecule has 0 spiro atoms. The van der Waals surface area contributed by atoms with Gasteiger partial charge in [-0.1, -0.05) is 6.08 Å². The second kappa shape index (κ2) is 10.4. The summed E-state index contributed by atoms with van der Waals surface area (Å²) < 4.78 is 14.8. The van der Waals surface area contributed by atoms with E-state index in [0.29, 0.717) is 31.3 Å². The minimum atomic E-state index is -0.867.